The summed E-state index contributed by atoms with van der Waals surface area (Å²) in [7, 11) is 0. The highest BCUT2D eigenvalue weighted by Crippen LogP contribution is 2.28. The zero-order valence-electron chi connectivity index (χ0n) is 10.2. The van der Waals surface area contributed by atoms with Crippen molar-refractivity contribution in [3.8, 4) is 0 Å². The Kier molecular flexibility index (Phi) is 6.74. The fourth-order valence-corrected chi connectivity index (χ4v) is 2.31. The summed E-state index contributed by atoms with van der Waals surface area (Å²) in [6.45, 7) is 7.09. The SMILES string of the molecule is C=CCC(CCCCCCC)C1CCO1. The summed E-state index contributed by atoms with van der Waals surface area (Å²) in [5, 5.41) is 0. The second-order valence-electron chi connectivity index (χ2n) is 4.69. The van der Waals surface area contributed by atoms with Gasteiger partial charge >= 0.3 is 0 Å². The summed E-state index contributed by atoms with van der Waals surface area (Å²) in [6, 6.07) is 0. The molecule has 2 atom stereocenters. The first-order valence-corrected chi connectivity index (χ1v) is 6.61. The van der Waals surface area contributed by atoms with E-state index in [2.05, 4.69) is 19.6 Å². The lowest BCUT2D eigenvalue weighted by atomic mass is 9.88. The van der Waals surface area contributed by atoms with Crippen molar-refractivity contribution in [1.29, 1.82) is 0 Å². The van der Waals surface area contributed by atoms with Crippen molar-refractivity contribution in [2.45, 2.75) is 64.4 Å². The molecule has 2 unspecified atom stereocenters. The lowest BCUT2D eigenvalue weighted by Gasteiger charge is -2.33. The molecule has 0 saturated carbocycles. The largest absolute Gasteiger partial charge is 0.378 e. The van der Waals surface area contributed by atoms with Gasteiger partial charge in [0.05, 0.1) is 6.10 Å². The smallest absolute Gasteiger partial charge is 0.0628 e. The molecule has 1 heterocycles. The van der Waals surface area contributed by atoms with Crippen molar-refractivity contribution < 1.29 is 4.74 Å². The average Bonchev–Trinajstić information content (AvgIpc) is 2.15. The number of unbranched alkanes of at least 4 members (excludes halogenated alkanes) is 4. The third-order valence-electron chi connectivity index (χ3n) is 3.41. The van der Waals surface area contributed by atoms with Gasteiger partial charge in [-0.15, -0.1) is 6.58 Å². The van der Waals surface area contributed by atoms with Gasteiger partial charge in [-0.25, -0.2) is 0 Å². The highest BCUT2D eigenvalue weighted by molar-refractivity contribution is 4.82. The van der Waals surface area contributed by atoms with E-state index in [0.717, 1.165) is 18.9 Å². The molecule has 1 aliphatic heterocycles. The molecule has 88 valence electrons. The van der Waals surface area contributed by atoms with Crippen LogP contribution in [-0.2, 0) is 4.74 Å². The molecule has 1 saturated heterocycles. The van der Waals surface area contributed by atoms with Crippen LogP contribution in [0.15, 0.2) is 12.7 Å². The van der Waals surface area contributed by atoms with Crippen LogP contribution in [0.3, 0.4) is 0 Å². The van der Waals surface area contributed by atoms with E-state index in [4.69, 9.17) is 4.74 Å². The maximum Gasteiger partial charge on any atom is 0.0628 e. The maximum absolute atomic E-state index is 5.58. The lowest BCUT2D eigenvalue weighted by molar-refractivity contribution is -0.0861. The van der Waals surface area contributed by atoms with Gasteiger partial charge in [-0.05, 0) is 25.2 Å². The van der Waals surface area contributed by atoms with Gasteiger partial charge in [0.25, 0.3) is 0 Å². The van der Waals surface area contributed by atoms with E-state index in [-0.39, 0.29) is 0 Å². The molecule has 0 bridgehead atoms. The van der Waals surface area contributed by atoms with Crippen LogP contribution in [0.4, 0.5) is 0 Å². The monoisotopic (exact) mass is 210 g/mol. The molecule has 0 aromatic carbocycles. The molecule has 0 aromatic rings. The predicted molar refractivity (Wildman–Crippen MR) is 66.0 cm³/mol. The molecule has 0 amide bonds. The van der Waals surface area contributed by atoms with E-state index in [1.807, 2.05) is 0 Å². The first-order valence-electron chi connectivity index (χ1n) is 6.61. The van der Waals surface area contributed by atoms with Crippen LogP contribution in [-0.4, -0.2) is 12.7 Å². The predicted octanol–water partition coefficient (Wildman–Crippen LogP) is 4.33. The number of hydrogen-bond donors (Lipinski definition) is 0. The van der Waals surface area contributed by atoms with Crippen molar-refractivity contribution in [3.05, 3.63) is 12.7 Å². The van der Waals surface area contributed by atoms with Gasteiger partial charge in [0.2, 0.25) is 0 Å². The number of hydrogen-bond acceptors (Lipinski definition) is 1. The van der Waals surface area contributed by atoms with Gasteiger partial charge in [0, 0.05) is 6.61 Å². The summed E-state index contributed by atoms with van der Waals surface area (Å²) < 4.78 is 5.58. The zero-order valence-corrected chi connectivity index (χ0v) is 10.2. The topological polar surface area (TPSA) is 9.23 Å². The first-order chi connectivity index (χ1) is 7.38. The van der Waals surface area contributed by atoms with Crippen molar-refractivity contribution in [2.24, 2.45) is 5.92 Å². The third kappa shape index (κ3) is 4.83. The molecule has 0 aliphatic carbocycles. The fourth-order valence-electron chi connectivity index (χ4n) is 2.31. The number of allylic oxidation sites excluding steroid dienone is 1. The van der Waals surface area contributed by atoms with Crippen LogP contribution in [0.1, 0.15) is 58.3 Å². The Hall–Kier alpha value is -0.300. The number of ether oxygens (including phenoxy) is 1. The van der Waals surface area contributed by atoms with E-state index < -0.39 is 0 Å². The van der Waals surface area contributed by atoms with Crippen molar-refractivity contribution in [2.75, 3.05) is 6.61 Å². The molecule has 1 rings (SSSR count). The van der Waals surface area contributed by atoms with Crippen LogP contribution in [0.5, 0.6) is 0 Å². The van der Waals surface area contributed by atoms with Crippen LogP contribution < -0.4 is 0 Å². The van der Waals surface area contributed by atoms with Crippen molar-refractivity contribution in [3.63, 3.8) is 0 Å². The van der Waals surface area contributed by atoms with E-state index in [1.54, 1.807) is 0 Å². The molecular formula is C14H26O. The molecule has 0 radical (unpaired) electrons. The average molecular weight is 210 g/mol. The molecule has 1 nitrogen and oxygen atoms in total. The summed E-state index contributed by atoms with van der Waals surface area (Å²) in [5.74, 6) is 0.748. The Morgan fingerprint density at radius 2 is 2.07 bits per heavy atom. The standard InChI is InChI=1S/C14H26O/c1-3-5-6-7-8-10-13(9-4-2)14-11-12-15-14/h4,13-14H,2-3,5-12H2,1H3. The normalized spacial score (nSPS) is 22.1. The van der Waals surface area contributed by atoms with Gasteiger partial charge in [-0.1, -0.05) is 45.1 Å². The van der Waals surface area contributed by atoms with Crippen LogP contribution >= 0.6 is 0 Å². The van der Waals surface area contributed by atoms with E-state index in [1.165, 1.54) is 44.9 Å². The minimum absolute atomic E-state index is 0.550. The summed E-state index contributed by atoms with van der Waals surface area (Å²) >= 11 is 0. The van der Waals surface area contributed by atoms with Gasteiger partial charge in [0.15, 0.2) is 0 Å². The first kappa shape index (κ1) is 12.8. The van der Waals surface area contributed by atoms with Gasteiger partial charge in [0.1, 0.15) is 0 Å². The molecule has 1 fully saturated rings. The molecule has 0 N–H and O–H groups in total. The molecule has 1 heteroatoms. The third-order valence-corrected chi connectivity index (χ3v) is 3.41. The van der Waals surface area contributed by atoms with Crippen LogP contribution in [0.2, 0.25) is 0 Å². The minimum atomic E-state index is 0.550. The molecule has 0 spiro atoms. The summed E-state index contributed by atoms with van der Waals surface area (Å²) in [4.78, 5) is 0. The van der Waals surface area contributed by atoms with Crippen molar-refractivity contribution >= 4 is 0 Å². The molecular weight excluding hydrogens is 184 g/mol. The summed E-state index contributed by atoms with van der Waals surface area (Å²) in [6.07, 6.45) is 13.3. The fraction of sp³-hybridized carbons (Fsp3) is 0.857. The molecule has 0 aromatic heterocycles. The Labute approximate surface area is 94.9 Å². The minimum Gasteiger partial charge on any atom is -0.378 e. The maximum atomic E-state index is 5.58. The van der Waals surface area contributed by atoms with Crippen LogP contribution in [0.25, 0.3) is 0 Å². The molecule has 15 heavy (non-hydrogen) atoms. The second-order valence-corrected chi connectivity index (χ2v) is 4.69. The number of rotatable bonds is 9. The van der Waals surface area contributed by atoms with E-state index in [9.17, 15) is 0 Å². The van der Waals surface area contributed by atoms with Gasteiger partial charge in [-0.2, -0.15) is 0 Å². The Morgan fingerprint density at radius 1 is 1.33 bits per heavy atom. The Bertz CT molecular complexity index is 161. The van der Waals surface area contributed by atoms with Crippen LogP contribution in [0, 0.1) is 5.92 Å². The highest BCUT2D eigenvalue weighted by Gasteiger charge is 2.26. The van der Waals surface area contributed by atoms with Gasteiger partial charge < -0.3 is 4.74 Å². The Balaban J connectivity index is 2.05. The van der Waals surface area contributed by atoms with E-state index in [0.29, 0.717) is 6.10 Å². The van der Waals surface area contributed by atoms with Crippen molar-refractivity contribution in [1.82, 2.24) is 0 Å². The quantitative estimate of drug-likeness (QED) is 0.406. The second kappa shape index (κ2) is 7.92. The van der Waals surface area contributed by atoms with Gasteiger partial charge in [-0.3, -0.25) is 0 Å². The lowest BCUT2D eigenvalue weighted by Crippen LogP contribution is -2.34. The Morgan fingerprint density at radius 3 is 2.60 bits per heavy atom. The summed E-state index contributed by atoms with van der Waals surface area (Å²) in [5.41, 5.74) is 0. The highest BCUT2D eigenvalue weighted by atomic mass is 16.5. The van der Waals surface area contributed by atoms with E-state index >= 15 is 0 Å². The molecule has 1 aliphatic rings. The zero-order chi connectivity index (χ0) is 10.9.